The van der Waals surface area contributed by atoms with Crippen LogP contribution in [0.1, 0.15) is 5.56 Å². The lowest BCUT2D eigenvalue weighted by atomic mass is 10.1. The summed E-state index contributed by atoms with van der Waals surface area (Å²) >= 11 is 6.18. The van der Waals surface area contributed by atoms with E-state index in [1.807, 2.05) is 6.07 Å². The van der Waals surface area contributed by atoms with Crippen LogP contribution in [0.5, 0.6) is 17.2 Å². The molecule has 26 heavy (non-hydrogen) atoms. The van der Waals surface area contributed by atoms with E-state index < -0.39 is 0 Å². The van der Waals surface area contributed by atoms with Gasteiger partial charge in [0, 0.05) is 17.8 Å². The Hall–Kier alpha value is -3.17. The minimum absolute atomic E-state index is 0.0534. The van der Waals surface area contributed by atoms with Gasteiger partial charge in [-0.1, -0.05) is 17.7 Å². The Kier molecular flexibility index (Phi) is 5.62. The first-order valence-corrected chi connectivity index (χ1v) is 8.21. The van der Waals surface area contributed by atoms with Crippen molar-refractivity contribution in [3.63, 3.8) is 0 Å². The van der Waals surface area contributed by atoms with Crippen LogP contribution < -0.4 is 19.5 Å². The zero-order valence-electron chi connectivity index (χ0n) is 13.7. The molecule has 1 amide bonds. The lowest BCUT2D eigenvalue weighted by molar-refractivity contribution is -0.111. The molecule has 0 saturated heterocycles. The van der Waals surface area contributed by atoms with Crippen molar-refractivity contribution >= 4 is 29.3 Å². The van der Waals surface area contributed by atoms with Crippen LogP contribution in [0.3, 0.4) is 0 Å². The van der Waals surface area contributed by atoms with Crippen LogP contribution in [0.15, 0.2) is 42.5 Å². The van der Waals surface area contributed by atoms with E-state index in [2.05, 4.69) is 5.32 Å². The molecular weight excluding hydrogens is 356 g/mol. The molecule has 0 fully saturated rings. The Morgan fingerprint density at radius 1 is 1.31 bits per heavy atom. The number of fused-ring (bicyclic) bond motifs is 1. The number of halogens is 1. The molecule has 0 bridgehead atoms. The first-order valence-electron chi connectivity index (χ1n) is 7.84. The maximum absolute atomic E-state index is 12.1. The first-order chi connectivity index (χ1) is 12.7. The summed E-state index contributed by atoms with van der Waals surface area (Å²) in [5.74, 6) is 1.28. The van der Waals surface area contributed by atoms with Crippen LogP contribution in [0, 0.1) is 11.3 Å². The first kappa shape index (κ1) is 17.6. The van der Waals surface area contributed by atoms with Crippen molar-refractivity contribution in [3.8, 4) is 23.3 Å². The van der Waals surface area contributed by atoms with Gasteiger partial charge in [-0.2, -0.15) is 5.26 Å². The van der Waals surface area contributed by atoms with Crippen molar-refractivity contribution < 1.29 is 19.0 Å². The molecule has 3 rings (SSSR count). The summed E-state index contributed by atoms with van der Waals surface area (Å²) in [6.07, 6.45) is 3.03. The molecule has 2 aromatic rings. The number of benzene rings is 2. The lowest BCUT2D eigenvalue weighted by Gasteiger charge is -2.19. The third kappa shape index (κ3) is 4.47. The van der Waals surface area contributed by atoms with E-state index in [1.54, 1.807) is 42.5 Å². The summed E-state index contributed by atoms with van der Waals surface area (Å²) in [5, 5.41) is 11.7. The number of rotatable bonds is 5. The Bertz CT molecular complexity index is 890. The summed E-state index contributed by atoms with van der Waals surface area (Å²) in [7, 11) is 0. The molecule has 7 heteroatoms. The minimum atomic E-state index is -0.312. The van der Waals surface area contributed by atoms with E-state index in [4.69, 9.17) is 31.1 Å². The Labute approximate surface area is 155 Å². The molecule has 2 aromatic carbocycles. The van der Waals surface area contributed by atoms with Gasteiger partial charge in [0.15, 0.2) is 18.1 Å². The van der Waals surface area contributed by atoms with Gasteiger partial charge in [0.2, 0.25) is 5.91 Å². The summed E-state index contributed by atoms with van der Waals surface area (Å²) < 4.78 is 16.2. The molecule has 1 N–H and O–H groups in total. The van der Waals surface area contributed by atoms with Crippen LogP contribution in [-0.4, -0.2) is 25.7 Å². The summed E-state index contributed by atoms with van der Waals surface area (Å²) in [6, 6.07) is 12.2. The zero-order chi connectivity index (χ0) is 18.4. The molecule has 0 aliphatic carbocycles. The second-order valence-corrected chi connectivity index (χ2v) is 5.73. The van der Waals surface area contributed by atoms with Gasteiger partial charge in [0.05, 0.1) is 5.02 Å². The molecular formula is C19H15ClN2O4. The SMILES string of the molecule is N#CCOc1cccc(NC(=O)/C=C/c2cc(Cl)c3c(c2)OCCO3)c1. The molecule has 1 aliphatic rings. The third-order valence-electron chi connectivity index (χ3n) is 3.45. The number of hydrogen-bond donors (Lipinski definition) is 1. The van der Waals surface area contributed by atoms with Gasteiger partial charge >= 0.3 is 0 Å². The molecule has 0 saturated carbocycles. The predicted molar refractivity (Wildman–Crippen MR) is 97.7 cm³/mol. The largest absolute Gasteiger partial charge is 0.486 e. The van der Waals surface area contributed by atoms with Crippen molar-refractivity contribution in [2.75, 3.05) is 25.1 Å². The van der Waals surface area contributed by atoms with E-state index in [1.165, 1.54) is 6.08 Å². The summed E-state index contributed by atoms with van der Waals surface area (Å²) in [6.45, 7) is 0.866. The number of anilines is 1. The Balaban J connectivity index is 1.67. The second kappa shape index (κ2) is 8.28. The van der Waals surface area contributed by atoms with Crippen molar-refractivity contribution in [3.05, 3.63) is 53.1 Å². The average Bonchev–Trinajstić information content (AvgIpc) is 2.65. The van der Waals surface area contributed by atoms with Gasteiger partial charge in [0.1, 0.15) is 25.0 Å². The van der Waals surface area contributed by atoms with Crippen LogP contribution in [-0.2, 0) is 4.79 Å². The van der Waals surface area contributed by atoms with Crippen LogP contribution in [0.2, 0.25) is 5.02 Å². The number of nitrogens with one attached hydrogen (secondary N) is 1. The van der Waals surface area contributed by atoms with Crippen LogP contribution >= 0.6 is 11.6 Å². The second-order valence-electron chi connectivity index (χ2n) is 5.32. The standard InChI is InChI=1S/C19H15ClN2O4/c20-16-10-13(11-17-19(16)26-9-8-25-17)4-5-18(23)22-14-2-1-3-15(12-14)24-7-6-21/h1-5,10-12H,7-9H2,(H,22,23)/b5-4+. The monoisotopic (exact) mass is 370 g/mol. The summed E-state index contributed by atoms with van der Waals surface area (Å²) in [4.78, 5) is 12.1. The molecule has 0 spiro atoms. The van der Waals surface area contributed by atoms with Gasteiger partial charge in [-0.05, 0) is 35.9 Å². The highest BCUT2D eigenvalue weighted by Gasteiger charge is 2.15. The molecule has 6 nitrogen and oxygen atoms in total. The number of ether oxygens (including phenoxy) is 3. The number of carbonyl (C=O) groups excluding carboxylic acids is 1. The topological polar surface area (TPSA) is 80.6 Å². The molecule has 132 valence electrons. The fourth-order valence-corrected chi connectivity index (χ4v) is 2.64. The van der Waals surface area contributed by atoms with Crippen molar-refractivity contribution in [1.82, 2.24) is 0 Å². The molecule has 0 atom stereocenters. The molecule has 0 unspecified atom stereocenters. The van der Waals surface area contributed by atoms with Gasteiger partial charge in [-0.3, -0.25) is 4.79 Å². The number of nitrogens with zero attached hydrogens (tertiary/aromatic N) is 1. The van der Waals surface area contributed by atoms with Crippen molar-refractivity contribution in [2.45, 2.75) is 0 Å². The normalized spacial score (nSPS) is 12.5. The van der Waals surface area contributed by atoms with E-state index >= 15 is 0 Å². The van der Waals surface area contributed by atoms with Crippen LogP contribution in [0.4, 0.5) is 5.69 Å². The van der Waals surface area contributed by atoms with Gasteiger partial charge in [-0.25, -0.2) is 0 Å². The summed E-state index contributed by atoms with van der Waals surface area (Å²) in [5.41, 5.74) is 1.29. The van der Waals surface area contributed by atoms with Crippen LogP contribution in [0.25, 0.3) is 6.08 Å². The quantitative estimate of drug-likeness (QED) is 0.812. The highest BCUT2D eigenvalue weighted by atomic mass is 35.5. The predicted octanol–water partition coefficient (Wildman–Crippen LogP) is 3.67. The highest BCUT2D eigenvalue weighted by molar-refractivity contribution is 6.32. The Morgan fingerprint density at radius 2 is 2.15 bits per heavy atom. The fourth-order valence-electron chi connectivity index (χ4n) is 2.36. The third-order valence-corrected chi connectivity index (χ3v) is 3.73. The maximum Gasteiger partial charge on any atom is 0.248 e. The maximum atomic E-state index is 12.1. The molecule has 0 radical (unpaired) electrons. The number of carbonyl (C=O) groups is 1. The van der Waals surface area contributed by atoms with Gasteiger partial charge in [-0.15, -0.1) is 0 Å². The number of amides is 1. The fraction of sp³-hybridized carbons (Fsp3) is 0.158. The van der Waals surface area contributed by atoms with E-state index in [0.29, 0.717) is 41.2 Å². The lowest BCUT2D eigenvalue weighted by Crippen LogP contribution is -2.15. The van der Waals surface area contributed by atoms with E-state index in [-0.39, 0.29) is 12.5 Å². The average molecular weight is 371 g/mol. The van der Waals surface area contributed by atoms with E-state index in [0.717, 1.165) is 5.56 Å². The zero-order valence-corrected chi connectivity index (χ0v) is 14.5. The van der Waals surface area contributed by atoms with E-state index in [9.17, 15) is 4.79 Å². The minimum Gasteiger partial charge on any atom is -0.486 e. The van der Waals surface area contributed by atoms with Gasteiger partial charge < -0.3 is 19.5 Å². The number of nitriles is 1. The number of hydrogen-bond acceptors (Lipinski definition) is 5. The molecule has 0 aromatic heterocycles. The van der Waals surface area contributed by atoms with Gasteiger partial charge in [0.25, 0.3) is 0 Å². The van der Waals surface area contributed by atoms with Crippen molar-refractivity contribution in [2.24, 2.45) is 0 Å². The highest BCUT2D eigenvalue weighted by Crippen LogP contribution is 2.38. The molecule has 1 heterocycles. The Morgan fingerprint density at radius 3 is 3.00 bits per heavy atom. The smallest absolute Gasteiger partial charge is 0.248 e. The molecule has 1 aliphatic heterocycles. The van der Waals surface area contributed by atoms with Crippen molar-refractivity contribution in [1.29, 1.82) is 5.26 Å².